The number of hydrogen-bond donors (Lipinski definition) is 3. The van der Waals surface area contributed by atoms with Gasteiger partial charge in [-0.25, -0.2) is 8.42 Å². The number of nitrogens with one attached hydrogen (secondary N) is 2. The fourth-order valence-electron chi connectivity index (χ4n) is 4.09. The SMILES string of the molecule is O=S(=O)(Nc1ccc2c(c1)CC(NC[C@H](O)COc1ccccc1)CCC2)c1ccccc1. The number of rotatable bonds is 9. The van der Waals surface area contributed by atoms with Crippen LogP contribution in [-0.2, 0) is 22.9 Å². The Bertz CT molecular complexity index is 1140. The number of aryl methyl sites for hydroxylation is 1. The number of sulfonamides is 1. The zero-order valence-electron chi connectivity index (χ0n) is 18.5. The van der Waals surface area contributed by atoms with Crippen LogP contribution in [0, 0.1) is 0 Å². The van der Waals surface area contributed by atoms with E-state index in [9.17, 15) is 13.5 Å². The highest BCUT2D eigenvalue weighted by atomic mass is 32.2. The maximum Gasteiger partial charge on any atom is 0.261 e. The first-order valence-corrected chi connectivity index (χ1v) is 12.8. The van der Waals surface area contributed by atoms with Crippen LogP contribution >= 0.6 is 0 Å². The van der Waals surface area contributed by atoms with Crippen LogP contribution in [0.1, 0.15) is 24.0 Å². The minimum atomic E-state index is -3.63. The number of fused-ring (bicyclic) bond motifs is 1. The molecule has 174 valence electrons. The summed E-state index contributed by atoms with van der Waals surface area (Å²) in [5.74, 6) is 0.741. The Morgan fingerprint density at radius 2 is 1.70 bits per heavy atom. The molecule has 33 heavy (non-hydrogen) atoms. The van der Waals surface area contributed by atoms with E-state index in [1.54, 1.807) is 30.3 Å². The molecule has 1 aliphatic rings. The van der Waals surface area contributed by atoms with Gasteiger partial charge in [-0.1, -0.05) is 42.5 Å². The maximum absolute atomic E-state index is 12.7. The molecular weight excluding hydrogens is 436 g/mol. The van der Waals surface area contributed by atoms with Crippen LogP contribution in [0.4, 0.5) is 5.69 Å². The zero-order valence-corrected chi connectivity index (χ0v) is 19.3. The second-order valence-corrected chi connectivity index (χ2v) is 10.1. The molecular formula is C26H30N2O4S. The van der Waals surface area contributed by atoms with Crippen molar-refractivity contribution in [2.75, 3.05) is 17.9 Å². The van der Waals surface area contributed by atoms with Crippen molar-refractivity contribution in [2.45, 2.75) is 42.7 Å². The number of aliphatic hydroxyl groups excluding tert-OH is 1. The molecule has 0 heterocycles. The Morgan fingerprint density at radius 1 is 0.970 bits per heavy atom. The molecule has 6 nitrogen and oxygen atoms in total. The third kappa shape index (κ3) is 6.57. The Hall–Kier alpha value is -2.87. The summed E-state index contributed by atoms with van der Waals surface area (Å²) in [6, 6.07) is 23.8. The Labute approximate surface area is 195 Å². The summed E-state index contributed by atoms with van der Waals surface area (Å²) in [5.41, 5.74) is 2.94. The average molecular weight is 467 g/mol. The van der Waals surface area contributed by atoms with Crippen molar-refractivity contribution in [2.24, 2.45) is 0 Å². The summed E-state index contributed by atoms with van der Waals surface area (Å²) in [5, 5.41) is 13.8. The molecule has 7 heteroatoms. The van der Waals surface area contributed by atoms with E-state index < -0.39 is 16.1 Å². The average Bonchev–Trinajstić information content (AvgIpc) is 3.04. The molecule has 1 unspecified atom stereocenters. The molecule has 0 spiro atoms. The lowest BCUT2D eigenvalue weighted by Gasteiger charge is -2.20. The first-order chi connectivity index (χ1) is 16.0. The summed E-state index contributed by atoms with van der Waals surface area (Å²) < 4.78 is 33.7. The fourth-order valence-corrected chi connectivity index (χ4v) is 5.16. The minimum absolute atomic E-state index is 0.207. The summed E-state index contributed by atoms with van der Waals surface area (Å²) in [6.45, 7) is 0.666. The standard InChI is InChI=1S/C26H30N2O4S/c29-24(19-32-25-10-3-1-4-11-25)18-27-22-9-7-8-20-14-15-23(17-21(20)16-22)28-33(30,31)26-12-5-2-6-13-26/h1-6,10-15,17,22,24,27-29H,7-9,16,18-19H2/t22?,24-/m0/s1. The largest absolute Gasteiger partial charge is 0.491 e. The first-order valence-electron chi connectivity index (χ1n) is 11.3. The summed E-state index contributed by atoms with van der Waals surface area (Å²) in [4.78, 5) is 0.242. The molecule has 4 rings (SSSR count). The summed E-state index contributed by atoms with van der Waals surface area (Å²) in [7, 11) is -3.63. The highest BCUT2D eigenvalue weighted by Gasteiger charge is 2.20. The molecule has 0 amide bonds. The Balaban J connectivity index is 1.35. The van der Waals surface area contributed by atoms with E-state index in [0.717, 1.165) is 37.0 Å². The quantitative estimate of drug-likeness (QED) is 0.418. The number of hydrogen-bond acceptors (Lipinski definition) is 5. The van der Waals surface area contributed by atoms with Crippen molar-refractivity contribution >= 4 is 15.7 Å². The van der Waals surface area contributed by atoms with Gasteiger partial charge in [0.25, 0.3) is 10.0 Å². The van der Waals surface area contributed by atoms with Gasteiger partial charge in [0.2, 0.25) is 0 Å². The van der Waals surface area contributed by atoms with E-state index in [1.807, 2.05) is 48.5 Å². The first kappa shape index (κ1) is 23.3. The highest BCUT2D eigenvalue weighted by Crippen LogP contribution is 2.25. The third-order valence-electron chi connectivity index (χ3n) is 5.80. The molecule has 0 aromatic heterocycles. The lowest BCUT2D eigenvalue weighted by molar-refractivity contribution is 0.103. The Morgan fingerprint density at radius 3 is 2.45 bits per heavy atom. The van der Waals surface area contributed by atoms with Crippen molar-refractivity contribution in [3.05, 3.63) is 90.0 Å². The number of ether oxygens (including phenoxy) is 1. The molecule has 2 atom stereocenters. The van der Waals surface area contributed by atoms with E-state index in [4.69, 9.17) is 4.74 Å². The monoisotopic (exact) mass is 466 g/mol. The molecule has 0 bridgehead atoms. The van der Waals surface area contributed by atoms with Gasteiger partial charge in [-0.05, 0) is 73.2 Å². The number of para-hydroxylation sites is 1. The van der Waals surface area contributed by atoms with Crippen molar-refractivity contribution in [1.29, 1.82) is 0 Å². The summed E-state index contributed by atoms with van der Waals surface area (Å²) >= 11 is 0. The number of anilines is 1. The van der Waals surface area contributed by atoms with Crippen molar-refractivity contribution in [3.8, 4) is 5.75 Å². The van der Waals surface area contributed by atoms with E-state index >= 15 is 0 Å². The van der Waals surface area contributed by atoms with Gasteiger partial charge in [-0.15, -0.1) is 0 Å². The second-order valence-electron chi connectivity index (χ2n) is 8.38. The van der Waals surface area contributed by atoms with E-state index in [0.29, 0.717) is 12.2 Å². The molecule has 1 aliphatic carbocycles. The predicted molar refractivity (Wildman–Crippen MR) is 130 cm³/mol. The molecule has 3 N–H and O–H groups in total. The van der Waals surface area contributed by atoms with Gasteiger partial charge < -0.3 is 15.2 Å². The van der Waals surface area contributed by atoms with E-state index in [-0.39, 0.29) is 17.5 Å². The predicted octanol–water partition coefficient (Wildman–Crippen LogP) is 3.76. The molecule has 0 saturated heterocycles. The minimum Gasteiger partial charge on any atom is -0.491 e. The molecule has 0 fully saturated rings. The molecule has 0 aliphatic heterocycles. The highest BCUT2D eigenvalue weighted by molar-refractivity contribution is 7.92. The van der Waals surface area contributed by atoms with Crippen LogP contribution in [0.25, 0.3) is 0 Å². The topological polar surface area (TPSA) is 87.7 Å². The van der Waals surface area contributed by atoms with Gasteiger partial charge in [0, 0.05) is 18.3 Å². The normalized spacial score (nSPS) is 16.9. The van der Waals surface area contributed by atoms with Crippen molar-refractivity contribution < 1.29 is 18.3 Å². The van der Waals surface area contributed by atoms with E-state index in [2.05, 4.69) is 10.0 Å². The van der Waals surface area contributed by atoms with Crippen LogP contribution in [0.5, 0.6) is 5.75 Å². The van der Waals surface area contributed by atoms with Gasteiger partial charge in [-0.3, -0.25) is 4.72 Å². The van der Waals surface area contributed by atoms with Crippen LogP contribution in [0.3, 0.4) is 0 Å². The maximum atomic E-state index is 12.7. The number of aliphatic hydroxyl groups is 1. The van der Waals surface area contributed by atoms with Gasteiger partial charge in [0.15, 0.2) is 0 Å². The van der Waals surface area contributed by atoms with Gasteiger partial charge >= 0.3 is 0 Å². The van der Waals surface area contributed by atoms with Gasteiger partial charge in [-0.2, -0.15) is 0 Å². The summed E-state index contributed by atoms with van der Waals surface area (Å²) in [6.07, 6.45) is 3.15. The third-order valence-corrected chi connectivity index (χ3v) is 7.20. The Kier molecular flexibility index (Phi) is 7.65. The van der Waals surface area contributed by atoms with Crippen LogP contribution in [0.15, 0.2) is 83.8 Å². The second kappa shape index (κ2) is 10.8. The molecule has 3 aromatic rings. The van der Waals surface area contributed by atoms with Crippen LogP contribution < -0.4 is 14.8 Å². The van der Waals surface area contributed by atoms with Crippen LogP contribution in [-0.4, -0.2) is 38.8 Å². The molecule has 3 aromatic carbocycles. The van der Waals surface area contributed by atoms with Crippen molar-refractivity contribution in [1.82, 2.24) is 5.32 Å². The van der Waals surface area contributed by atoms with Gasteiger partial charge in [0.05, 0.1) is 4.90 Å². The van der Waals surface area contributed by atoms with Crippen molar-refractivity contribution in [3.63, 3.8) is 0 Å². The van der Waals surface area contributed by atoms with Crippen LogP contribution in [0.2, 0.25) is 0 Å². The van der Waals surface area contributed by atoms with E-state index in [1.165, 1.54) is 5.56 Å². The fraction of sp³-hybridized carbons (Fsp3) is 0.308. The van der Waals surface area contributed by atoms with Gasteiger partial charge in [0.1, 0.15) is 18.5 Å². The molecule has 0 saturated carbocycles. The number of benzene rings is 3. The lowest BCUT2D eigenvalue weighted by Crippen LogP contribution is -2.39. The molecule has 0 radical (unpaired) electrons. The lowest BCUT2D eigenvalue weighted by atomic mass is 10.0. The smallest absolute Gasteiger partial charge is 0.261 e. The zero-order chi connectivity index (χ0) is 23.1.